The smallest absolute Gasteiger partial charge is 0.235 e. The van der Waals surface area contributed by atoms with Crippen LogP contribution in [0, 0.1) is 15.2 Å². The van der Waals surface area contributed by atoms with E-state index in [1.807, 2.05) is 0 Å². The summed E-state index contributed by atoms with van der Waals surface area (Å²) in [6.07, 6.45) is 0. The largest absolute Gasteiger partial charge is 0.502 e. The van der Waals surface area contributed by atoms with Gasteiger partial charge < -0.3 is 9.52 Å². The van der Waals surface area contributed by atoms with Crippen LogP contribution in [-0.4, -0.2) is 5.11 Å². The molecule has 1 N–H and O–H groups in total. The van der Waals surface area contributed by atoms with Crippen LogP contribution in [0.2, 0.25) is 0 Å². The lowest BCUT2D eigenvalue weighted by Gasteiger charge is -2.06. The van der Waals surface area contributed by atoms with Gasteiger partial charge in [-0.3, -0.25) is 4.79 Å². The molecule has 2 aromatic carbocycles. The molecule has 0 fully saturated rings. The van der Waals surface area contributed by atoms with E-state index in [0.717, 1.165) is 6.07 Å². The lowest BCUT2D eigenvalue weighted by Crippen LogP contribution is -2.03. The number of halogens is 3. The van der Waals surface area contributed by atoms with Gasteiger partial charge in [0.15, 0.2) is 5.76 Å². The number of rotatable bonds is 1. The van der Waals surface area contributed by atoms with Gasteiger partial charge in [-0.05, 0) is 52.9 Å². The summed E-state index contributed by atoms with van der Waals surface area (Å²) in [6, 6.07) is 7.47. The molecule has 6 heteroatoms. The summed E-state index contributed by atoms with van der Waals surface area (Å²) in [7, 11) is 0. The zero-order chi connectivity index (χ0) is 15.1. The highest BCUT2D eigenvalue weighted by molar-refractivity contribution is 14.1. The maximum Gasteiger partial charge on any atom is 0.235 e. The van der Waals surface area contributed by atoms with Gasteiger partial charge >= 0.3 is 0 Å². The minimum absolute atomic E-state index is 0.0232. The normalized spacial score (nSPS) is 11.0. The van der Waals surface area contributed by atoms with Crippen molar-refractivity contribution in [1.29, 1.82) is 0 Å². The maximum absolute atomic E-state index is 13.6. The fraction of sp³-hybridized carbons (Fsp3) is 0. The average molecular weight is 400 g/mol. The Morgan fingerprint density at radius 1 is 1.10 bits per heavy atom. The van der Waals surface area contributed by atoms with Gasteiger partial charge in [-0.2, -0.15) is 0 Å². The van der Waals surface area contributed by atoms with Crippen LogP contribution in [0.5, 0.6) is 5.75 Å². The SMILES string of the molecule is O=c1c(O)c(-c2ccc(F)cc2)oc2cc(F)c(I)cc12. The Morgan fingerprint density at radius 2 is 1.76 bits per heavy atom. The highest BCUT2D eigenvalue weighted by Gasteiger charge is 2.17. The second-order valence-corrected chi connectivity index (χ2v) is 5.54. The Balaban J connectivity index is 2.34. The first-order chi connectivity index (χ1) is 9.97. The molecule has 0 radical (unpaired) electrons. The van der Waals surface area contributed by atoms with Gasteiger partial charge in [0.05, 0.1) is 5.39 Å². The molecular weight excluding hydrogens is 393 g/mol. The lowest BCUT2D eigenvalue weighted by atomic mass is 10.1. The number of benzene rings is 2. The van der Waals surface area contributed by atoms with E-state index in [2.05, 4.69) is 0 Å². The first-order valence-corrected chi connectivity index (χ1v) is 6.96. The van der Waals surface area contributed by atoms with Crippen LogP contribution in [0.3, 0.4) is 0 Å². The van der Waals surface area contributed by atoms with E-state index in [1.54, 1.807) is 22.6 Å². The van der Waals surface area contributed by atoms with Crippen molar-refractivity contribution in [3.8, 4) is 17.1 Å². The van der Waals surface area contributed by atoms with Crippen molar-refractivity contribution < 1.29 is 18.3 Å². The molecule has 3 aromatic rings. The van der Waals surface area contributed by atoms with Crippen LogP contribution in [0.1, 0.15) is 0 Å². The Hall–Kier alpha value is -1.96. The van der Waals surface area contributed by atoms with Gasteiger partial charge in [0.2, 0.25) is 11.2 Å². The first-order valence-electron chi connectivity index (χ1n) is 5.88. The molecule has 21 heavy (non-hydrogen) atoms. The van der Waals surface area contributed by atoms with E-state index in [-0.39, 0.29) is 20.3 Å². The van der Waals surface area contributed by atoms with Crippen LogP contribution in [0.25, 0.3) is 22.3 Å². The van der Waals surface area contributed by atoms with Crippen molar-refractivity contribution in [2.45, 2.75) is 0 Å². The summed E-state index contributed by atoms with van der Waals surface area (Å²) in [5.74, 6) is -1.69. The summed E-state index contributed by atoms with van der Waals surface area (Å²) in [6.45, 7) is 0. The monoisotopic (exact) mass is 400 g/mol. The fourth-order valence-corrected chi connectivity index (χ4v) is 2.44. The number of aromatic hydroxyl groups is 1. The molecule has 3 rings (SSSR count). The maximum atomic E-state index is 13.6. The van der Waals surface area contributed by atoms with Gasteiger partial charge in [-0.1, -0.05) is 0 Å². The van der Waals surface area contributed by atoms with Crippen molar-refractivity contribution in [3.05, 3.63) is 61.8 Å². The topological polar surface area (TPSA) is 50.4 Å². The zero-order valence-corrected chi connectivity index (χ0v) is 12.5. The molecule has 1 heterocycles. The predicted octanol–water partition coefficient (Wildman–Crippen LogP) is 4.05. The molecule has 0 atom stereocenters. The van der Waals surface area contributed by atoms with Crippen molar-refractivity contribution in [1.82, 2.24) is 0 Å². The van der Waals surface area contributed by atoms with Crippen LogP contribution in [-0.2, 0) is 0 Å². The minimum Gasteiger partial charge on any atom is -0.502 e. The predicted molar refractivity (Wildman–Crippen MR) is 82.2 cm³/mol. The van der Waals surface area contributed by atoms with E-state index in [9.17, 15) is 18.7 Å². The van der Waals surface area contributed by atoms with E-state index >= 15 is 0 Å². The Kier molecular flexibility index (Phi) is 3.40. The van der Waals surface area contributed by atoms with Gasteiger partial charge in [0.25, 0.3) is 0 Å². The summed E-state index contributed by atoms with van der Waals surface area (Å²) in [4.78, 5) is 12.1. The van der Waals surface area contributed by atoms with Crippen molar-refractivity contribution >= 4 is 33.6 Å². The van der Waals surface area contributed by atoms with Crippen LogP contribution < -0.4 is 5.43 Å². The third-order valence-corrected chi connectivity index (χ3v) is 3.84. The summed E-state index contributed by atoms with van der Waals surface area (Å²) in [5, 5.41) is 10.1. The molecule has 0 saturated heterocycles. The molecule has 3 nitrogen and oxygen atoms in total. The molecule has 0 amide bonds. The summed E-state index contributed by atoms with van der Waals surface area (Å²) < 4.78 is 32.2. The van der Waals surface area contributed by atoms with Gasteiger partial charge in [-0.25, -0.2) is 8.78 Å². The second kappa shape index (κ2) is 5.10. The molecule has 0 aliphatic carbocycles. The molecule has 0 saturated carbocycles. The van der Waals surface area contributed by atoms with Gasteiger partial charge in [0.1, 0.15) is 17.2 Å². The van der Waals surface area contributed by atoms with Crippen LogP contribution in [0.4, 0.5) is 8.78 Å². The highest BCUT2D eigenvalue weighted by atomic mass is 127. The first kappa shape index (κ1) is 14.0. The van der Waals surface area contributed by atoms with E-state index in [0.29, 0.717) is 5.56 Å². The standard InChI is InChI=1S/C15H7F2IO3/c16-8-3-1-7(2-4-8)15-14(20)13(19)9-5-11(18)10(17)6-12(9)21-15/h1-6,20H. The highest BCUT2D eigenvalue weighted by Crippen LogP contribution is 2.31. The molecular formula is C15H7F2IO3. The quantitative estimate of drug-likeness (QED) is 0.628. The zero-order valence-electron chi connectivity index (χ0n) is 10.4. The van der Waals surface area contributed by atoms with Crippen LogP contribution in [0.15, 0.2) is 45.6 Å². The number of fused-ring (bicyclic) bond motifs is 1. The Labute approximate surface area is 131 Å². The van der Waals surface area contributed by atoms with Gasteiger partial charge in [-0.15, -0.1) is 0 Å². The number of hydrogen-bond acceptors (Lipinski definition) is 3. The number of hydrogen-bond donors (Lipinski definition) is 1. The third-order valence-electron chi connectivity index (χ3n) is 3.02. The lowest BCUT2D eigenvalue weighted by molar-refractivity contribution is 0.448. The van der Waals surface area contributed by atoms with Crippen molar-refractivity contribution in [2.75, 3.05) is 0 Å². The molecule has 0 spiro atoms. The van der Waals surface area contributed by atoms with E-state index in [1.165, 1.54) is 30.3 Å². The molecule has 0 aliphatic rings. The van der Waals surface area contributed by atoms with Crippen molar-refractivity contribution in [3.63, 3.8) is 0 Å². The average Bonchev–Trinajstić information content (AvgIpc) is 2.46. The Morgan fingerprint density at radius 3 is 2.43 bits per heavy atom. The minimum atomic E-state index is -0.659. The van der Waals surface area contributed by atoms with Crippen LogP contribution >= 0.6 is 22.6 Å². The molecule has 1 aromatic heterocycles. The molecule has 0 bridgehead atoms. The van der Waals surface area contributed by atoms with Gasteiger partial charge in [0, 0.05) is 15.2 Å². The molecule has 106 valence electrons. The fourth-order valence-electron chi connectivity index (χ4n) is 1.98. The second-order valence-electron chi connectivity index (χ2n) is 4.38. The molecule has 0 aliphatic heterocycles. The van der Waals surface area contributed by atoms with E-state index in [4.69, 9.17) is 4.42 Å². The Bertz CT molecular complexity index is 901. The summed E-state index contributed by atoms with van der Waals surface area (Å²) >= 11 is 1.75. The summed E-state index contributed by atoms with van der Waals surface area (Å²) in [5.41, 5.74) is -0.310. The molecule has 0 unspecified atom stereocenters. The van der Waals surface area contributed by atoms with Crippen molar-refractivity contribution in [2.24, 2.45) is 0 Å². The van der Waals surface area contributed by atoms with E-state index < -0.39 is 22.8 Å². The third kappa shape index (κ3) is 2.39.